The van der Waals surface area contributed by atoms with Crippen LogP contribution in [0, 0.1) is 26.6 Å². The zero-order valence-electron chi connectivity index (χ0n) is 22.1. The van der Waals surface area contributed by atoms with Crippen molar-refractivity contribution in [3.05, 3.63) is 125 Å². The predicted molar refractivity (Wildman–Crippen MR) is 151 cm³/mol. The molecule has 8 heteroatoms. The first-order chi connectivity index (χ1) is 18.6. The SMILES string of the molecule is Cc1ccc(S(=O)(=O)N(CC(=O)NCc2ccc(OCc3ccc(F)cc3)cc2)c2cccc(C)c2C)cc1. The Labute approximate surface area is 229 Å². The van der Waals surface area contributed by atoms with Gasteiger partial charge >= 0.3 is 0 Å². The quantitative estimate of drug-likeness (QED) is 0.271. The number of aryl methyl sites for hydroxylation is 2. The average Bonchev–Trinajstić information content (AvgIpc) is 2.93. The number of nitrogens with one attached hydrogen (secondary N) is 1. The van der Waals surface area contributed by atoms with Gasteiger partial charge < -0.3 is 10.1 Å². The van der Waals surface area contributed by atoms with Crippen LogP contribution in [-0.2, 0) is 28.0 Å². The Bertz CT molecular complexity index is 1540. The Kier molecular flexibility index (Phi) is 8.66. The van der Waals surface area contributed by atoms with Gasteiger partial charge in [0.1, 0.15) is 24.7 Å². The van der Waals surface area contributed by atoms with Crippen LogP contribution >= 0.6 is 0 Å². The summed E-state index contributed by atoms with van der Waals surface area (Å²) in [6.45, 7) is 5.81. The van der Waals surface area contributed by atoms with Crippen LogP contribution in [0.15, 0.2) is 95.9 Å². The summed E-state index contributed by atoms with van der Waals surface area (Å²) < 4.78 is 47.3. The number of carbonyl (C=O) groups excluding carboxylic acids is 1. The van der Waals surface area contributed by atoms with Crippen LogP contribution in [0.3, 0.4) is 0 Å². The highest BCUT2D eigenvalue weighted by Crippen LogP contribution is 2.28. The normalized spacial score (nSPS) is 11.2. The van der Waals surface area contributed by atoms with Crippen LogP contribution in [-0.4, -0.2) is 20.9 Å². The van der Waals surface area contributed by atoms with E-state index in [2.05, 4.69) is 5.32 Å². The molecule has 0 fully saturated rings. The number of sulfonamides is 1. The summed E-state index contributed by atoms with van der Waals surface area (Å²) in [4.78, 5) is 13.1. The molecule has 202 valence electrons. The summed E-state index contributed by atoms with van der Waals surface area (Å²) in [6, 6.07) is 25.3. The molecular formula is C31H31FN2O4S. The largest absolute Gasteiger partial charge is 0.489 e. The highest BCUT2D eigenvalue weighted by atomic mass is 32.2. The zero-order chi connectivity index (χ0) is 28.0. The van der Waals surface area contributed by atoms with E-state index in [1.54, 1.807) is 60.7 Å². The number of rotatable bonds is 10. The van der Waals surface area contributed by atoms with Gasteiger partial charge in [-0.15, -0.1) is 0 Å². The van der Waals surface area contributed by atoms with Crippen LogP contribution < -0.4 is 14.4 Å². The maximum Gasteiger partial charge on any atom is 0.264 e. The molecule has 4 rings (SSSR count). The van der Waals surface area contributed by atoms with Crippen molar-refractivity contribution in [2.24, 2.45) is 0 Å². The number of anilines is 1. The van der Waals surface area contributed by atoms with Gasteiger partial charge in [-0.2, -0.15) is 0 Å². The van der Waals surface area contributed by atoms with Gasteiger partial charge in [0.15, 0.2) is 0 Å². The second-order valence-electron chi connectivity index (χ2n) is 9.38. The molecule has 0 aliphatic heterocycles. The number of benzene rings is 4. The van der Waals surface area contributed by atoms with Gasteiger partial charge in [0.05, 0.1) is 10.6 Å². The number of ether oxygens (including phenoxy) is 1. The molecular weight excluding hydrogens is 515 g/mol. The van der Waals surface area contributed by atoms with Crippen molar-refractivity contribution in [3.63, 3.8) is 0 Å². The van der Waals surface area contributed by atoms with Crippen LogP contribution in [0.4, 0.5) is 10.1 Å². The summed E-state index contributed by atoms with van der Waals surface area (Å²) in [5, 5.41) is 2.83. The second-order valence-corrected chi connectivity index (χ2v) is 11.2. The molecule has 6 nitrogen and oxygen atoms in total. The van der Waals surface area contributed by atoms with Crippen molar-refractivity contribution < 1.29 is 22.3 Å². The molecule has 0 saturated carbocycles. The molecule has 0 atom stereocenters. The topological polar surface area (TPSA) is 75.7 Å². The Morgan fingerprint density at radius 2 is 1.49 bits per heavy atom. The summed E-state index contributed by atoms with van der Waals surface area (Å²) in [5.74, 6) is -0.0852. The molecule has 0 unspecified atom stereocenters. The Balaban J connectivity index is 1.44. The highest BCUT2D eigenvalue weighted by molar-refractivity contribution is 7.92. The lowest BCUT2D eigenvalue weighted by molar-refractivity contribution is -0.119. The summed E-state index contributed by atoms with van der Waals surface area (Å²) in [6.07, 6.45) is 0. The van der Waals surface area contributed by atoms with Crippen LogP contribution in [0.25, 0.3) is 0 Å². The smallest absolute Gasteiger partial charge is 0.264 e. The molecule has 0 bridgehead atoms. The lowest BCUT2D eigenvalue weighted by atomic mass is 10.1. The van der Waals surface area contributed by atoms with Gasteiger partial charge in [0, 0.05) is 6.54 Å². The minimum atomic E-state index is -3.99. The molecule has 0 heterocycles. The number of amides is 1. The van der Waals surface area contributed by atoms with Crippen LogP contribution in [0.1, 0.15) is 27.8 Å². The van der Waals surface area contributed by atoms with Crippen molar-refractivity contribution in [3.8, 4) is 5.75 Å². The van der Waals surface area contributed by atoms with E-state index < -0.39 is 15.9 Å². The Hall–Kier alpha value is -4.17. The third-order valence-corrected chi connectivity index (χ3v) is 8.25. The fraction of sp³-hybridized carbons (Fsp3) is 0.194. The molecule has 4 aromatic rings. The standard InChI is InChI=1S/C31H31FN2O4S/c1-22-7-17-29(18-8-22)39(36,37)34(30-6-4-5-23(2)24(30)3)20-31(35)33-19-25-11-15-28(16-12-25)38-21-26-9-13-27(32)14-10-26/h4-18H,19-21H2,1-3H3,(H,33,35). The van der Waals surface area contributed by atoms with Crippen LogP contribution in [0.5, 0.6) is 5.75 Å². The van der Waals surface area contributed by atoms with Crippen molar-refractivity contribution in [2.45, 2.75) is 38.8 Å². The van der Waals surface area contributed by atoms with Crippen molar-refractivity contribution in [2.75, 3.05) is 10.8 Å². The van der Waals surface area contributed by atoms with Gasteiger partial charge in [0.25, 0.3) is 10.0 Å². The average molecular weight is 547 g/mol. The van der Waals surface area contributed by atoms with Gasteiger partial charge in [-0.05, 0) is 85.5 Å². The zero-order valence-corrected chi connectivity index (χ0v) is 23.0. The molecule has 39 heavy (non-hydrogen) atoms. The fourth-order valence-corrected chi connectivity index (χ4v) is 5.46. The summed E-state index contributed by atoms with van der Waals surface area (Å²) >= 11 is 0. The van der Waals surface area contributed by atoms with E-state index in [0.717, 1.165) is 27.8 Å². The number of hydrogen-bond donors (Lipinski definition) is 1. The van der Waals surface area contributed by atoms with E-state index in [1.165, 1.54) is 16.4 Å². The molecule has 0 saturated heterocycles. The predicted octanol–water partition coefficient (Wildman–Crippen LogP) is 5.84. The molecule has 0 radical (unpaired) electrons. The summed E-state index contributed by atoms with van der Waals surface area (Å²) in [5.41, 5.74) is 4.81. The van der Waals surface area contributed by atoms with E-state index in [4.69, 9.17) is 4.74 Å². The van der Waals surface area contributed by atoms with E-state index >= 15 is 0 Å². The van der Waals surface area contributed by atoms with Gasteiger partial charge in [0.2, 0.25) is 5.91 Å². The second kappa shape index (κ2) is 12.1. The van der Waals surface area contributed by atoms with Crippen LogP contribution in [0.2, 0.25) is 0 Å². The van der Waals surface area contributed by atoms with E-state index in [1.807, 2.05) is 39.0 Å². The van der Waals surface area contributed by atoms with Crippen molar-refractivity contribution >= 4 is 21.6 Å². The molecule has 0 aromatic heterocycles. The third kappa shape index (κ3) is 7.03. The number of halogens is 1. The summed E-state index contributed by atoms with van der Waals surface area (Å²) in [7, 11) is -3.99. The molecule has 4 aromatic carbocycles. The monoisotopic (exact) mass is 546 g/mol. The highest BCUT2D eigenvalue weighted by Gasteiger charge is 2.28. The molecule has 1 N–H and O–H groups in total. The minimum absolute atomic E-state index is 0.123. The first-order valence-corrected chi connectivity index (χ1v) is 14.0. The molecule has 0 spiro atoms. The Morgan fingerprint density at radius 1 is 0.846 bits per heavy atom. The van der Waals surface area contributed by atoms with E-state index in [0.29, 0.717) is 18.0 Å². The first kappa shape index (κ1) is 27.9. The van der Waals surface area contributed by atoms with Gasteiger partial charge in [-0.25, -0.2) is 12.8 Å². The van der Waals surface area contributed by atoms with E-state index in [-0.39, 0.29) is 23.8 Å². The third-order valence-electron chi connectivity index (χ3n) is 6.47. The number of hydrogen-bond acceptors (Lipinski definition) is 4. The van der Waals surface area contributed by atoms with Gasteiger partial charge in [-0.1, -0.05) is 54.1 Å². The molecule has 0 aliphatic carbocycles. The van der Waals surface area contributed by atoms with Gasteiger partial charge in [-0.3, -0.25) is 9.10 Å². The fourth-order valence-electron chi connectivity index (χ4n) is 3.98. The molecule has 0 aliphatic rings. The minimum Gasteiger partial charge on any atom is -0.489 e. The number of carbonyl (C=O) groups is 1. The lowest BCUT2D eigenvalue weighted by Crippen LogP contribution is -2.41. The maximum absolute atomic E-state index is 13.6. The van der Waals surface area contributed by atoms with Crippen molar-refractivity contribution in [1.82, 2.24) is 5.32 Å². The Morgan fingerprint density at radius 3 is 2.15 bits per heavy atom. The van der Waals surface area contributed by atoms with E-state index in [9.17, 15) is 17.6 Å². The lowest BCUT2D eigenvalue weighted by Gasteiger charge is -2.26. The maximum atomic E-state index is 13.6. The van der Waals surface area contributed by atoms with Crippen molar-refractivity contribution in [1.29, 1.82) is 0 Å². The number of nitrogens with zero attached hydrogens (tertiary/aromatic N) is 1. The molecule has 1 amide bonds. The first-order valence-electron chi connectivity index (χ1n) is 12.5.